The number of esters is 2. The van der Waals surface area contributed by atoms with Crippen molar-refractivity contribution in [2.75, 3.05) is 14.2 Å². The molecule has 1 aromatic rings. The zero-order chi connectivity index (χ0) is 17.3. The number of ether oxygens (including phenoxy) is 2. The third kappa shape index (κ3) is 7.04. The van der Waals surface area contributed by atoms with Crippen LogP contribution in [0.5, 0.6) is 0 Å². The van der Waals surface area contributed by atoms with Gasteiger partial charge in [0, 0.05) is 0 Å². The van der Waals surface area contributed by atoms with Crippen LogP contribution in [0.3, 0.4) is 0 Å². The van der Waals surface area contributed by atoms with E-state index in [9.17, 15) is 38.3 Å². The summed E-state index contributed by atoms with van der Waals surface area (Å²) < 4.78 is 31.5. The van der Waals surface area contributed by atoms with Crippen molar-refractivity contribution in [1.82, 2.24) is 0 Å². The largest absolute Gasteiger partial charge is 1.00 e. The summed E-state index contributed by atoms with van der Waals surface area (Å²) in [5.41, 5.74) is -1.52. The van der Waals surface area contributed by atoms with Crippen molar-refractivity contribution in [3.8, 4) is 0 Å². The van der Waals surface area contributed by atoms with Crippen LogP contribution in [0.15, 0.2) is 12.1 Å². The first-order chi connectivity index (χ1) is 9.93. The summed E-state index contributed by atoms with van der Waals surface area (Å²) >= 11 is 0. The summed E-state index contributed by atoms with van der Waals surface area (Å²) in [6.07, 6.45) is 0. The molecule has 14 heteroatoms. The van der Waals surface area contributed by atoms with E-state index in [0.717, 1.165) is 14.2 Å². The van der Waals surface area contributed by atoms with Gasteiger partial charge < -0.3 is 31.9 Å². The van der Waals surface area contributed by atoms with Crippen LogP contribution < -0.4 is 113 Å². The standard InChI is InChI=1S/C10H12O10P2.2K.2H/c1-19-9(11)5-3-8(22(16,17)18)6(10(12)20-2)4-7(5)21(13,14)15;;;;/h3-4H,1-2H3,(H2,13,14,15)(H2,16,17,18);;;;/q;2*+1;2*-1. The fourth-order valence-electron chi connectivity index (χ4n) is 1.61. The normalized spacial score (nSPS) is 10.9. The number of hydrogen-bond donors (Lipinski definition) is 4. The third-order valence-corrected chi connectivity index (χ3v) is 4.55. The van der Waals surface area contributed by atoms with Gasteiger partial charge in [-0.15, -0.1) is 0 Å². The smallest absolute Gasteiger partial charge is 1.00 e. The molecule has 1 aromatic carbocycles. The molecule has 0 radical (unpaired) electrons. The van der Waals surface area contributed by atoms with Crippen LogP contribution in [0.25, 0.3) is 0 Å². The molecule has 4 N–H and O–H groups in total. The van der Waals surface area contributed by atoms with Crippen molar-refractivity contribution in [3.05, 3.63) is 23.3 Å². The molecule has 0 aromatic heterocycles. The van der Waals surface area contributed by atoms with E-state index < -0.39 is 48.9 Å². The number of benzene rings is 1. The molecule has 0 amide bonds. The minimum absolute atomic E-state index is 0. The Morgan fingerprint density at radius 1 is 0.833 bits per heavy atom. The third-order valence-electron chi connectivity index (χ3n) is 2.55. The first-order valence-electron chi connectivity index (χ1n) is 5.40. The van der Waals surface area contributed by atoms with E-state index in [0.29, 0.717) is 12.1 Å². The molecule has 1 rings (SSSR count). The minimum atomic E-state index is -5.03. The molecule has 126 valence electrons. The van der Waals surface area contributed by atoms with Gasteiger partial charge in [0.15, 0.2) is 0 Å². The summed E-state index contributed by atoms with van der Waals surface area (Å²) in [6, 6.07) is 1.01. The SMILES string of the molecule is COC(=O)c1cc(P(=O)(O)O)c(C(=O)OC)cc1P(=O)(O)O.[H-].[H-].[K+].[K+]. The second-order valence-corrected chi connectivity index (χ2v) is 7.10. The van der Waals surface area contributed by atoms with Crippen molar-refractivity contribution < 1.29 is 153 Å². The predicted octanol–water partition coefficient (Wildman–Crippen LogP) is -6.90. The van der Waals surface area contributed by atoms with Gasteiger partial charge >= 0.3 is 130 Å². The first-order valence-corrected chi connectivity index (χ1v) is 8.62. The molecule has 0 atom stereocenters. The minimum Gasteiger partial charge on any atom is -1.00 e. The van der Waals surface area contributed by atoms with Gasteiger partial charge in [-0.1, -0.05) is 0 Å². The number of carbonyl (C=O) groups excluding carboxylic acids is 2. The summed E-state index contributed by atoms with van der Waals surface area (Å²) in [6.45, 7) is 0. The average molecular weight is 434 g/mol. The van der Waals surface area contributed by atoms with Gasteiger partial charge in [0.05, 0.1) is 36.0 Å². The maximum absolute atomic E-state index is 11.6. The van der Waals surface area contributed by atoms with Crippen molar-refractivity contribution in [2.24, 2.45) is 0 Å². The Morgan fingerprint density at radius 3 is 1.25 bits per heavy atom. The van der Waals surface area contributed by atoms with E-state index in [2.05, 4.69) is 9.47 Å². The van der Waals surface area contributed by atoms with Crippen LogP contribution in [0.4, 0.5) is 0 Å². The van der Waals surface area contributed by atoms with E-state index >= 15 is 0 Å². The van der Waals surface area contributed by atoms with E-state index in [4.69, 9.17) is 0 Å². The van der Waals surface area contributed by atoms with Crippen LogP contribution in [-0.2, 0) is 18.6 Å². The Bertz CT molecular complexity index is 671. The second kappa shape index (κ2) is 10.9. The number of rotatable bonds is 4. The summed E-state index contributed by atoms with van der Waals surface area (Å²) in [5.74, 6) is -2.46. The Morgan fingerprint density at radius 2 is 1.08 bits per heavy atom. The van der Waals surface area contributed by atoms with E-state index in [1.807, 2.05) is 0 Å². The van der Waals surface area contributed by atoms with Gasteiger partial charge in [0.25, 0.3) is 0 Å². The fourth-order valence-corrected chi connectivity index (χ4v) is 3.14. The Hall–Kier alpha value is 1.73. The number of hydrogen-bond acceptors (Lipinski definition) is 6. The van der Waals surface area contributed by atoms with Crippen molar-refractivity contribution in [1.29, 1.82) is 0 Å². The molecule has 0 bridgehead atoms. The zero-order valence-electron chi connectivity index (χ0n) is 15.3. The van der Waals surface area contributed by atoms with E-state index in [1.165, 1.54) is 0 Å². The summed E-state index contributed by atoms with van der Waals surface area (Å²) in [7, 11) is -8.24. The fraction of sp³-hybridized carbons (Fsp3) is 0.200. The molecule has 10 nitrogen and oxygen atoms in total. The Kier molecular flexibility index (Phi) is 12.7. The van der Waals surface area contributed by atoms with Gasteiger partial charge in [-0.3, -0.25) is 9.13 Å². The molecule has 0 fully saturated rings. The van der Waals surface area contributed by atoms with Gasteiger partial charge in [0.2, 0.25) is 0 Å². The van der Waals surface area contributed by atoms with Crippen LogP contribution in [0.2, 0.25) is 0 Å². The molecule has 0 spiro atoms. The average Bonchev–Trinajstić information content (AvgIpc) is 2.42. The topological polar surface area (TPSA) is 168 Å². The van der Waals surface area contributed by atoms with Crippen LogP contribution in [-0.4, -0.2) is 45.7 Å². The monoisotopic (exact) mass is 434 g/mol. The van der Waals surface area contributed by atoms with Crippen LogP contribution in [0.1, 0.15) is 23.6 Å². The predicted molar refractivity (Wildman–Crippen MR) is 74.7 cm³/mol. The summed E-state index contributed by atoms with van der Waals surface area (Å²) in [5, 5.41) is -1.81. The zero-order valence-corrected chi connectivity index (χ0v) is 21.3. The van der Waals surface area contributed by atoms with Gasteiger partial charge in [-0.2, -0.15) is 0 Å². The molecule has 0 aliphatic rings. The molecule has 0 heterocycles. The second-order valence-electron chi connectivity index (χ2n) is 3.96. The van der Waals surface area contributed by atoms with Crippen LogP contribution in [0, 0.1) is 0 Å². The van der Waals surface area contributed by atoms with E-state index in [1.54, 1.807) is 0 Å². The quantitative estimate of drug-likeness (QED) is 0.203. The molecule has 0 aliphatic heterocycles. The Labute approximate surface area is 224 Å². The van der Waals surface area contributed by atoms with Gasteiger partial charge in [-0.25, -0.2) is 9.59 Å². The number of carbonyl (C=O) groups is 2. The molecule has 0 saturated heterocycles. The molecular formula is C10H14K2O10P2. The van der Waals surface area contributed by atoms with Crippen molar-refractivity contribution in [2.45, 2.75) is 0 Å². The molecule has 24 heavy (non-hydrogen) atoms. The molecule has 0 aliphatic carbocycles. The summed E-state index contributed by atoms with van der Waals surface area (Å²) in [4.78, 5) is 60.1. The number of methoxy groups -OCH3 is 2. The van der Waals surface area contributed by atoms with Gasteiger partial charge in [0.1, 0.15) is 0 Å². The van der Waals surface area contributed by atoms with E-state index in [-0.39, 0.29) is 106 Å². The van der Waals surface area contributed by atoms with Crippen molar-refractivity contribution in [3.63, 3.8) is 0 Å². The van der Waals surface area contributed by atoms with Gasteiger partial charge in [-0.05, 0) is 12.1 Å². The molecule has 0 unspecified atom stereocenters. The van der Waals surface area contributed by atoms with Crippen molar-refractivity contribution >= 4 is 37.7 Å². The Balaban J connectivity index is -0.000000605. The van der Waals surface area contributed by atoms with Crippen LogP contribution >= 0.6 is 15.2 Å². The molecular weight excluding hydrogens is 420 g/mol. The maximum Gasteiger partial charge on any atom is 1.00 e. The molecule has 0 saturated carbocycles. The first kappa shape index (κ1) is 27.9. The maximum atomic E-state index is 11.6.